The Labute approximate surface area is 167 Å². The summed E-state index contributed by atoms with van der Waals surface area (Å²) in [5.74, 6) is 1.28. The smallest absolute Gasteiger partial charge is 0.178 e. The van der Waals surface area contributed by atoms with Gasteiger partial charge in [0.05, 0.1) is 5.69 Å². The van der Waals surface area contributed by atoms with E-state index in [9.17, 15) is 10.4 Å². The van der Waals surface area contributed by atoms with E-state index in [1.807, 2.05) is 18.2 Å². The molecule has 0 saturated heterocycles. The number of hydrogen-bond acceptors (Lipinski definition) is 7. The summed E-state index contributed by atoms with van der Waals surface area (Å²) in [6, 6.07) is 8.04. The molecule has 1 aliphatic carbocycles. The molecule has 2 atom stereocenters. The molecule has 4 rings (SSSR count). The van der Waals surface area contributed by atoms with Gasteiger partial charge in [-0.1, -0.05) is 17.7 Å². The molecule has 3 aromatic heterocycles. The van der Waals surface area contributed by atoms with Crippen molar-refractivity contribution in [2.24, 2.45) is 5.92 Å². The fourth-order valence-electron chi connectivity index (χ4n) is 3.35. The number of nitrogen functional groups attached to an aromatic ring is 1. The van der Waals surface area contributed by atoms with Crippen LogP contribution in [0.1, 0.15) is 35.0 Å². The SMILES string of the molecule is Cc1nn2c(N)c(C#N)c(NCCc3cccc(C4CC4CO)n3)nc2c1Cl. The van der Waals surface area contributed by atoms with E-state index in [0.29, 0.717) is 47.0 Å². The van der Waals surface area contributed by atoms with Crippen LogP contribution in [0.2, 0.25) is 5.02 Å². The lowest BCUT2D eigenvalue weighted by Gasteiger charge is -2.10. The van der Waals surface area contributed by atoms with Gasteiger partial charge < -0.3 is 16.2 Å². The Morgan fingerprint density at radius 1 is 1.43 bits per heavy atom. The van der Waals surface area contributed by atoms with Crippen LogP contribution in [0.25, 0.3) is 5.65 Å². The molecule has 3 aromatic rings. The Balaban J connectivity index is 1.51. The molecule has 1 fully saturated rings. The van der Waals surface area contributed by atoms with Crippen LogP contribution in [0, 0.1) is 24.2 Å². The summed E-state index contributed by atoms with van der Waals surface area (Å²) < 4.78 is 1.39. The van der Waals surface area contributed by atoms with Crippen LogP contribution in [-0.2, 0) is 6.42 Å². The predicted octanol–water partition coefficient (Wildman–Crippen LogP) is 2.29. The maximum atomic E-state index is 9.49. The number of aliphatic hydroxyl groups excluding tert-OH is 1. The number of hydrogen-bond donors (Lipinski definition) is 3. The fraction of sp³-hybridized carbons (Fsp3) is 0.368. The summed E-state index contributed by atoms with van der Waals surface area (Å²) in [4.78, 5) is 9.14. The topological polar surface area (TPSA) is 125 Å². The number of aliphatic hydroxyl groups is 1. The van der Waals surface area contributed by atoms with Crippen LogP contribution in [0.5, 0.6) is 0 Å². The molecule has 144 valence electrons. The number of nitrogens with two attached hydrogens (primary N) is 1. The van der Waals surface area contributed by atoms with E-state index in [-0.39, 0.29) is 18.0 Å². The molecule has 0 radical (unpaired) electrons. The molecule has 0 aliphatic heterocycles. The Morgan fingerprint density at radius 3 is 2.96 bits per heavy atom. The van der Waals surface area contributed by atoms with Crippen molar-refractivity contribution in [3.05, 3.63) is 45.9 Å². The largest absolute Gasteiger partial charge is 0.396 e. The van der Waals surface area contributed by atoms with Gasteiger partial charge >= 0.3 is 0 Å². The number of fused-ring (bicyclic) bond motifs is 1. The van der Waals surface area contributed by atoms with Gasteiger partial charge in [-0.15, -0.1) is 0 Å². The van der Waals surface area contributed by atoms with E-state index in [2.05, 4.69) is 21.5 Å². The highest BCUT2D eigenvalue weighted by Crippen LogP contribution is 2.46. The van der Waals surface area contributed by atoms with Crippen molar-refractivity contribution in [1.29, 1.82) is 5.26 Å². The second-order valence-corrected chi connectivity index (χ2v) is 7.36. The Bertz CT molecular complexity index is 1090. The average Bonchev–Trinajstić information content (AvgIpc) is 3.44. The second kappa shape index (κ2) is 7.26. The number of nitriles is 1. The zero-order chi connectivity index (χ0) is 19.8. The minimum Gasteiger partial charge on any atom is -0.396 e. The molecule has 0 bridgehead atoms. The van der Waals surface area contributed by atoms with E-state index in [1.54, 1.807) is 6.92 Å². The highest BCUT2D eigenvalue weighted by atomic mass is 35.5. The van der Waals surface area contributed by atoms with Crippen molar-refractivity contribution in [2.45, 2.75) is 25.7 Å². The quantitative estimate of drug-likeness (QED) is 0.582. The van der Waals surface area contributed by atoms with Crippen LogP contribution >= 0.6 is 11.6 Å². The van der Waals surface area contributed by atoms with E-state index < -0.39 is 0 Å². The molecular formula is C19H20ClN7O. The highest BCUT2D eigenvalue weighted by molar-refractivity contribution is 6.34. The summed E-state index contributed by atoms with van der Waals surface area (Å²) in [6.07, 6.45) is 1.65. The highest BCUT2D eigenvalue weighted by Gasteiger charge is 2.38. The molecule has 9 heteroatoms. The number of pyridine rings is 1. The van der Waals surface area contributed by atoms with Crippen LogP contribution in [0.15, 0.2) is 18.2 Å². The standard InChI is InChI=1S/C19H20ClN7O/c1-10-16(20)19-25-18(14(8-21)17(22)27(19)26-10)23-6-5-12-3-2-4-15(24-12)13-7-11(13)9-28/h2-4,11,13,28H,5-7,9,22H2,1H3,(H,23,25). The van der Waals surface area contributed by atoms with Crippen LogP contribution in [0.4, 0.5) is 11.6 Å². The summed E-state index contributed by atoms with van der Waals surface area (Å²) >= 11 is 6.25. The number of rotatable bonds is 6. The molecule has 0 spiro atoms. The molecule has 1 aliphatic rings. The van der Waals surface area contributed by atoms with E-state index >= 15 is 0 Å². The Morgan fingerprint density at radius 2 is 2.25 bits per heavy atom. The fourth-order valence-corrected chi connectivity index (χ4v) is 3.51. The number of aromatic nitrogens is 4. The zero-order valence-corrected chi connectivity index (χ0v) is 16.1. The van der Waals surface area contributed by atoms with Crippen LogP contribution < -0.4 is 11.1 Å². The first kappa shape index (κ1) is 18.5. The minimum atomic E-state index is 0.203. The molecule has 3 heterocycles. The Hall–Kier alpha value is -2.89. The van der Waals surface area contributed by atoms with Crippen molar-refractivity contribution < 1.29 is 5.11 Å². The van der Waals surface area contributed by atoms with Crippen molar-refractivity contribution >= 4 is 28.9 Å². The van der Waals surface area contributed by atoms with Crippen LogP contribution in [0.3, 0.4) is 0 Å². The van der Waals surface area contributed by atoms with Gasteiger partial charge in [-0.05, 0) is 31.4 Å². The van der Waals surface area contributed by atoms with E-state index in [4.69, 9.17) is 22.3 Å². The first-order valence-corrected chi connectivity index (χ1v) is 9.46. The number of anilines is 2. The van der Waals surface area contributed by atoms with E-state index in [1.165, 1.54) is 4.52 Å². The van der Waals surface area contributed by atoms with Gasteiger partial charge in [0, 0.05) is 36.9 Å². The van der Waals surface area contributed by atoms with Gasteiger partial charge in [-0.25, -0.2) is 4.98 Å². The van der Waals surface area contributed by atoms with Crippen molar-refractivity contribution in [3.8, 4) is 6.07 Å². The van der Waals surface area contributed by atoms with Crippen molar-refractivity contribution in [2.75, 3.05) is 24.2 Å². The second-order valence-electron chi connectivity index (χ2n) is 6.98. The third kappa shape index (κ3) is 3.23. The van der Waals surface area contributed by atoms with Gasteiger partial charge in [0.2, 0.25) is 0 Å². The van der Waals surface area contributed by atoms with E-state index in [0.717, 1.165) is 17.8 Å². The predicted molar refractivity (Wildman–Crippen MR) is 106 cm³/mol. The van der Waals surface area contributed by atoms with Gasteiger partial charge in [0.25, 0.3) is 0 Å². The molecular weight excluding hydrogens is 378 g/mol. The van der Waals surface area contributed by atoms with Crippen LogP contribution in [-0.4, -0.2) is 37.8 Å². The Kier molecular flexibility index (Phi) is 4.79. The van der Waals surface area contributed by atoms with Gasteiger partial charge in [-0.2, -0.15) is 14.9 Å². The summed E-state index contributed by atoms with van der Waals surface area (Å²) in [6.45, 7) is 2.50. The zero-order valence-electron chi connectivity index (χ0n) is 15.4. The average molecular weight is 398 g/mol. The number of aryl methyl sites for hydroxylation is 1. The lowest BCUT2D eigenvalue weighted by atomic mass is 10.2. The minimum absolute atomic E-state index is 0.203. The maximum absolute atomic E-state index is 9.49. The van der Waals surface area contributed by atoms with Crippen molar-refractivity contribution in [1.82, 2.24) is 19.6 Å². The summed E-state index contributed by atoms with van der Waals surface area (Å²) in [5, 5.41) is 26.5. The number of nitrogens with zero attached hydrogens (tertiary/aromatic N) is 5. The van der Waals surface area contributed by atoms with Gasteiger partial charge in [-0.3, -0.25) is 4.98 Å². The molecule has 0 amide bonds. The molecule has 4 N–H and O–H groups in total. The molecule has 1 saturated carbocycles. The summed E-state index contributed by atoms with van der Waals surface area (Å²) in [5.41, 5.74) is 9.31. The number of nitrogens with one attached hydrogen (secondary N) is 1. The van der Waals surface area contributed by atoms with Gasteiger partial charge in [0.1, 0.15) is 28.3 Å². The first-order chi connectivity index (χ1) is 13.5. The van der Waals surface area contributed by atoms with Crippen molar-refractivity contribution in [3.63, 3.8) is 0 Å². The molecule has 8 nitrogen and oxygen atoms in total. The lowest BCUT2D eigenvalue weighted by Crippen LogP contribution is -2.13. The number of halogens is 1. The van der Waals surface area contributed by atoms with Gasteiger partial charge in [0.15, 0.2) is 5.65 Å². The normalized spacial score (nSPS) is 18.2. The molecule has 28 heavy (non-hydrogen) atoms. The summed E-state index contributed by atoms with van der Waals surface area (Å²) in [7, 11) is 0. The monoisotopic (exact) mass is 397 g/mol. The molecule has 0 aromatic carbocycles. The first-order valence-electron chi connectivity index (χ1n) is 9.08. The molecule has 2 unspecified atom stereocenters. The maximum Gasteiger partial charge on any atom is 0.178 e. The third-order valence-corrected chi connectivity index (χ3v) is 5.50. The lowest BCUT2D eigenvalue weighted by molar-refractivity contribution is 0.273. The third-order valence-electron chi connectivity index (χ3n) is 5.05.